The second kappa shape index (κ2) is 6.38. The molecule has 0 saturated heterocycles. The summed E-state index contributed by atoms with van der Waals surface area (Å²) in [7, 11) is 0. The molecule has 1 aliphatic rings. The largest absolute Gasteiger partial charge is 0.328 e. The summed E-state index contributed by atoms with van der Waals surface area (Å²) in [6, 6.07) is 0.750. The standard InChI is InChI=1S/C16H34N2/c1-11-9-14(10-12(2)15(11)18)16(4,5)8-6-7-13(3)17/h11-15H,6-10,17-18H2,1-5H3. The zero-order valence-corrected chi connectivity index (χ0v) is 13.1. The molecule has 0 spiro atoms. The molecule has 0 amide bonds. The third-order valence-electron chi connectivity index (χ3n) is 5.21. The zero-order valence-electron chi connectivity index (χ0n) is 13.1. The van der Waals surface area contributed by atoms with Gasteiger partial charge in [0, 0.05) is 12.1 Å². The highest BCUT2D eigenvalue weighted by Crippen LogP contribution is 2.44. The molecule has 108 valence electrons. The Kier molecular flexibility index (Phi) is 5.67. The van der Waals surface area contributed by atoms with Crippen LogP contribution in [-0.2, 0) is 0 Å². The number of nitrogens with two attached hydrogens (primary N) is 2. The van der Waals surface area contributed by atoms with Crippen molar-refractivity contribution in [3.8, 4) is 0 Å². The van der Waals surface area contributed by atoms with Crippen molar-refractivity contribution in [1.29, 1.82) is 0 Å². The molecule has 0 radical (unpaired) electrons. The Bertz CT molecular complexity index is 235. The zero-order chi connectivity index (χ0) is 13.9. The molecular formula is C16H34N2. The van der Waals surface area contributed by atoms with E-state index in [0.29, 0.717) is 29.3 Å². The Labute approximate surface area is 114 Å². The lowest BCUT2D eigenvalue weighted by molar-refractivity contribution is 0.0762. The molecule has 0 heterocycles. The molecular weight excluding hydrogens is 220 g/mol. The summed E-state index contributed by atoms with van der Waals surface area (Å²) in [5, 5.41) is 0. The Morgan fingerprint density at radius 1 is 1.17 bits per heavy atom. The van der Waals surface area contributed by atoms with Crippen molar-refractivity contribution in [2.45, 2.75) is 78.8 Å². The van der Waals surface area contributed by atoms with E-state index in [2.05, 4.69) is 34.6 Å². The molecule has 0 aromatic heterocycles. The van der Waals surface area contributed by atoms with Crippen LogP contribution >= 0.6 is 0 Å². The molecule has 2 heteroatoms. The quantitative estimate of drug-likeness (QED) is 0.788. The smallest absolute Gasteiger partial charge is 0.00905 e. The third-order valence-corrected chi connectivity index (χ3v) is 5.21. The Balaban J connectivity index is 2.51. The van der Waals surface area contributed by atoms with Crippen LogP contribution < -0.4 is 11.5 Å². The maximum atomic E-state index is 6.25. The fourth-order valence-corrected chi connectivity index (χ4v) is 3.59. The normalized spacial score (nSPS) is 35.5. The second-order valence-corrected chi connectivity index (χ2v) is 7.56. The van der Waals surface area contributed by atoms with Crippen LogP contribution in [0.1, 0.15) is 66.7 Å². The van der Waals surface area contributed by atoms with Crippen LogP contribution in [-0.4, -0.2) is 12.1 Å². The predicted molar refractivity (Wildman–Crippen MR) is 80.3 cm³/mol. The van der Waals surface area contributed by atoms with Gasteiger partial charge in [-0.2, -0.15) is 0 Å². The molecule has 0 aliphatic heterocycles. The van der Waals surface area contributed by atoms with Gasteiger partial charge in [-0.05, 0) is 55.8 Å². The van der Waals surface area contributed by atoms with Crippen LogP contribution in [0.2, 0.25) is 0 Å². The summed E-state index contributed by atoms with van der Waals surface area (Å²) in [6.45, 7) is 11.6. The van der Waals surface area contributed by atoms with Crippen LogP contribution in [0.3, 0.4) is 0 Å². The predicted octanol–water partition coefficient (Wildman–Crippen LogP) is 3.54. The molecule has 3 atom stereocenters. The summed E-state index contributed by atoms with van der Waals surface area (Å²) in [5.74, 6) is 2.17. The molecule has 0 aromatic carbocycles. The van der Waals surface area contributed by atoms with Crippen LogP contribution in [0.5, 0.6) is 0 Å². The van der Waals surface area contributed by atoms with Gasteiger partial charge in [0.05, 0.1) is 0 Å². The van der Waals surface area contributed by atoms with E-state index in [-0.39, 0.29) is 0 Å². The SMILES string of the molecule is CC(N)CCCC(C)(C)C1CC(C)C(N)C(C)C1. The first-order valence-electron chi connectivity index (χ1n) is 7.75. The van der Waals surface area contributed by atoms with Crippen molar-refractivity contribution >= 4 is 0 Å². The second-order valence-electron chi connectivity index (χ2n) is 7.56. The van der Waals surface area contributed by atoms with Crippen molar-refractivity contribution in [2.24, 2.45) is 34.6 Å². The van der Waals surface area contributed by atoms with Crippen LogP contribution in [0.4, 0.5) is 0 Å². The average molecular weight is 254 g/mol. The van der Waals surface area contributed by atoms with Gasteiger partial charge in [-0.25, -0.2) is 0 Å². The fourth-order valence-electron chi connectivity index (χ4n) is 3.59. The number of hydrogen-bond donors (Lipinski definition) is 2. The lowest BCUT2D eigenvalue weighted by Gasteiger charge is -2.44. The highest BCUT2D eigenvalue weighted by Gasteiger charge is 2.38. The maximum Gasteiger partial charge on any atom is 0.00905 e. The topological polar surface area (TPSA) is 52.0 Å². The van der Waals surface area contributed by atoms with Gasteiger partial charge in [-0.3, -0.25) is 0 Å². The molecule has 0 bridgehead atoms. The van der Waals surface area contributed by atoms with E-state index < -0.39 is 0 Å². The van der Waals surface area contributed by atoms with Gasteiger partial charge in [0.2, 0.25) is 0 Å². The Morgan fingerprint density at radius 2 is 1.67 bits per heavy atom. The minimum atomic E-state index is 0.346. The summed E-state index contributed by atoms with van der Waals surface area (Å²) < 4.78 is 0. The Hall–Kier alpha value is -0.0800. The van der Waals surface area contributed by atoms with Crippen LogP contribution in [0, 0.1) is 23.2 Å². The van der Waals surface area contributed by atoms with Gasteiger partial charge in [-0.15, -0.1) is 0 Å². The lowest BCUT2D eigenvalue weighted by Crippen LogP contribution is -2.44. The molecule has 18 heavy (non-hydrogen) atoms. The number of hydrogen-bond acceptors (Lipinski definition) is 2. The number of rotatable bonds is 5. The van der Waals surface area contributed by atoms with Gasteiger partial charge in [0.25, 0.3) is 0 Å². The molecule has 1 rings (SSSR count). The molecule has 3 unspecified atom stereocenters. The lowest BCUT2D eigenvalue weighted by atomic mass is 9.62. The molecule has 2 nitrogen and oxygen atoms in total. The first-order chi connectivity index (χ1) is 8.24. The third kappa shape index (κ3) is 4.24. The summed E-state index contributed by atoms with van der Waals surface area (Å²) in [6.07, 6.45) is 6.32. The van der Waals surface area contributed by atoms with Crippen molar-refractivity contribution in [2.75, 3.05) is 0 Å². The molecule has 4 N–H and O–H groups in total. The Morgan fingerprint density at radius 3 is 2.11 bits per heavy atom. The van der Waals surface area contributed by atoms with Crippen LogP contribution in [0.15, 0.2) is 0 Å². The molecule has 1 fully saturated rings. The van der Waals surface area contributed by atoms with E-state index in [4.69, 9.17) is 11.5 Å². The monoisotopic (exact) mass is 254 g/mol. The highest BCUT2D eigenvalue weighted by atomic mass is 14.7. The van der Waals surface area contributed by atoms with Crippen molar-refractivity contribution < 1.29 is 0 Å². The average Bonchev–Trinajstić information content (AvgIpc) is 2.24. The van der Waals surface area contributed by atoms with E-state index in [9.17, 15) is 0 Å². The summed E-state index contributed by atoms with van der Waals surface area (Å²) >= 11 is 0. The summed E-state index contributed by atoms with van der Waals surface area (Å²) in [5.41, 5.74) is 12.5. The van der Waals surface area contributed by atoms with Crippen LogP contribution in [0.25, 0.3) is 0 Å². The van der Waals surface area contributed by atoms with E-state index in [1.54, 1.807) is 0 Å². The maximum absolute atomic E-state index is 6.25. The fraction of sp³-hybridized carbons (Fsp3) is 1.00. The molecule has 1 saturated carbocycles. The van der Waals surface area contributed by atoms with Crippen molar-refractivity contribution in [3.05, 3.63) is 0 Å². The highest BCUT2D eigenvalue weighted by molar-refractivity contribution is 4.90. The minimum Gasteiger partial charge on any atom is -0.328 e. The van der Waals surface area contributed by atoms with Crippen molar-refractivity contribution in [3.63, 3.8) is 0 Å². The first-order valence-corrected chi connectivity index (χ1v) is 7.75. The minimum absolute atomic E-state index is 0.346. The van der Waals surface area contributed by atoms with Gasteiger partial charge < -0.3 is 11.5 Å². The van der Waals surface area contributed by atoms with E-state index >= 15 is 0 Å². The summed E-state index contributed by atoms with van der Waals surface area (Å²) in [4.78, 5) is 0. The molecule has 0 aromatic rings. The van der Waals surface area contributed by atoms with E-state index in [0.717, 1.165) is 12.3 Å². The van der Waals surface area contributed by atoms with Gasteiger partial charge in [0.15, 0.2) is 0 Å². The van der Waals surface area contributed by atoms with E-state index in [1.807, 2.05) is 0 Å². The molecule has 1 aliphatic carbocycles. The van der Waals surface area contributed by atoms with Gasteiger partial charge in [-0.1, -0.05) is 34.1 Å². The first kappa shape index (κ1) is 16.0. The van der Waals surface area contributed by atoms with Crippen molar-refractivity contribution in [1.82, 2.24) is 0 Å². The van der Waals surface area contributed by atoms with Gasteiger partial charge >= 0.3 is 0 Å². The van der Waals surface area contributed by atoms with Gasteiger partial charge in [0.1, 0.15) is 0 Å². The van der Waals surface area contributed by atoms with E-state index in [1.165, 1.54) is 25.7 Å².